The van der Waals surface area contributed by atoms with Gasteiger partial charge in [0.25, 0.3) is 0 Å². The lowest BCUT2D eigenvalue weighted by Gasteiger charge is -2.50. The molecular weight excluding hydrogens is 160 g/mol. The van der Waals surface area contributed by atoms with E-state index in [2.05, 4.69) is 26.0 Å². The second-order valence-electron chi connectivity index (χ2n) is 5.07. The van der Waals surface area contributed by atoms with Gasteiger partial charge in [0.2, 0.25) is 0 Å². The first-order valence-corrected chi connectivity index (χ1v) is 5.47. The van der Waals surface area contributed by atoms with E-state index in [4.69, 9.17) is 0 Å². The van der Waals surface area contributed by atoms with Crippen molar-refractivity contribution in [1.82, 2.24) is 0 Å². The number of aliphatic hydroxyl groups excluding tert-OH is 1. The summed E-state index contributed by atoms with van der Waals surface area (Å²) in [6.45, 7) is 4.70. The molecular formula is C12H20O. The number of fused-ring (bicyclic) bond motifs is 1. The van der Waals surface area contributed by atoms with Crippen molar-refractivity contribution < 1.29 is 5.11 Å². The number of hydrogen-bond donors (Lipinski definition) is 1. The third-order valence-corrected chi connectivity index (χ3v) is 4.45. The van der Waals surface area contributed by atoms with E-state index in [1.54, 1.807) is 0 Å². The fourth-order valence-electron chi connectivity index (χ4n) is 3.12. The Labute approximate surface area is 80.8 Å². The maximum absolute atomic E-state index is 9.95. The Kier molecular flexibility index (Phi) is 2.23. The van der Waals surface area contributed by atoms with E-state index >= 15 is 0 Å². The smallest absolute Gasteiger partial charge is 0.0576 e. The maximum atomic E-state index is 9.95. The van der Waals surface area contributed by atoms with E-state index in [0.717, 1.165) is 25.2 Å². The van der Waals surface area contributed by atoms with Crippen molar-refractivity contribution in [2.75, 3.05) is 0 Å². The fraction of sp³-hybridized carbons (Fsp3) is 0.833. The number of hydrogen-bond acceptors (Lipinski definition) is 1. The Bertz CT molecular complexity index is 221. The lowest BCUT2D eigenvalue weighted by Crippen LogP contribution is -2.45. The zero-order valence-electron chi connectivity index (χ0n) is 8.66. The van der Waals surface area contributed by atoms with Crippen LogP contribution in [0.1, 0.15) is 39.5 Å². The highest BCUT2D eigenvalue weighted by atomic mass is 16.3. The van der Waals surface area contributed by atoms with E-state index in [0.29, 0.717) is 11.3 Å². The Balaban J connectivity index is 2.26. The van der Waals surface area contributed by atoms with Crippen molar-refractivity contribution in [2.24, 2.45) is 17.3 Å². The van der Waals surface area contributed by atoms with Crippen LogP contribution in [0.3, 0.4) is 0 Å². The molecule has 2 aliphatic rings. The van der Waals surface area contributed by atoms with E-state index < -0.39 is 0 Å². The summed E-state index contributed by atoms with van der Waals surface area (Å²) in [6.07, 6.45) is 8.94. The van der Waals surface area contributed by atoms with Crippen LogP contribution in [0.4, 0.5) is 0 Å². The minimum absolute atomic E-state index is 0.0499. The molecule has 13 heavy (non-hydrogen) atoms. The molecule has 1 saturated carbocycles. The lowest BCUT2D eigenvalue weighted by atomic mass is 9.56. The van der Waals surface area contributed by atoms with Gasteiger partial charge in [-0.2, -0.15) is 0 Å². The Morgan fingerprint density at radius 2 is 2.08 bits per heavy atom. The van der Waals surface area contributed by atoms with Crippen LogP contribution in [0.5, 0.6) is 0 Å². The minimum atomic E-state index is -0.0499. The zero-order chi connectivity index (χ0) is 9.47. The van der Waals surface area contributed by atoms with Gasteiger partial charge in [-0.25, -0.2) is 0 Å². The van der Waals surface area contributed by atoms with Crippen molar-refractivity contribution in [3.8, 4) is 0 Å². The third-order valence-electron chi connectivity index (χ3n) is 4.45. The van der Waals surface area contributed by atoms with Gasteiger partial charge in [-0.05, 0) is 42.9 Å². The molecule has 0 amide bonds. The molecule has 2 aliphatic carbocycles. The monoisotopic (exact) mass is 180 g/mol. The standard InChI is InChI=1S/C12H20O/c1-9-6-7-11(13)10-5-3-4-8-12(9,10)2/h3-4,9-11,13H,5-8H2,1-2H3. The van der Waals surface area contributed by atoms with Crippen LogP contribution in [-0.4, -0.2) is 11.2 Å². The number of aliphatic hydroxyl groups is 1. The molecule has 4 unspecified atom stereocenters. The molecule has 74 valence electrons. The Morgan fingerprint density at radius 1 is 1.31 bits per heavy atom. The fourth-order valence-corrected chi connectivity index (χ4v) is 3.12. The molecule has 1 heteroatoms. The van der Waals surface area contributed by atoms with Gasteiger partial charge < -0.3 is 5.11 Å². The number of rotatable bonds is 0. The van der Waals surface area contributed by atoms with Crippen molar-refractivity contribution in [2.45, 2.75) is 45.6 Å². The van der Waals surface area contributed by atoms with Crippen molar-refractivity contribution in [1.29, 1.82) is 0 Å². The maximum Gasteiger partial charge on any atom is 0.0576 e. The minimum Gasteiger partial charge on any atom is -0.393 e. The van der Waals surface area contributed by atoms with Gasteiger partial charge in [-0.15, -0.1) is 0 Å². The highest BCUT2D eigenvalue weighted by molar-refractivity contribution is 5.06. The second-order valence-corrected chi connectivity index (χ2v) is 5.07. The molecule has 0 bridgehead atoms. The van der Waals surface area contributed by atoms with Gasteiger partial charge >= 0.3 is 0 Å². The summed E-state index contributed by atoms with van der Waals surface area (Å²) in [5.74, 6) is 1.28. The van der Waals surface area contributed by atoms with Crippen molar-refractivity contribution in [3.05, 3.63) is 12.2 Å². The largest absolute Gasteiger partial charge is 0.393 e. The summed E-state index contributed by atoms with van der Waals surface area (Å²) in [5.41, 5.74) is 0.367. The molecule has 0 saturated heterocycles. The van der Waals surface area contributed by atoms with Gasteiger partial charge in [0.1, 0.15) is 0 Å². The Hall–Kier alpha value is -0.300. The molecule has 0 aromatic carbocycles. The van der Waals surface area contributed by atoms with Crippen molar-refractivity contribution >= 4 is 0 Å². The molecule has 2 rings (SSSR count). The van der Waals surface area contributed by atoms with Crippen LogP contribution in [0.25, 0.3) is 0 Å². The van der Waals surface area contributed by atoms with Crippen molar-refractivity contribution in [3.63, 3.8) is 0 Å². The molecule has 0 aromatic heterocycles. The zero-order valence-corrected chi connectivity index (χ0v) is 8.66. The summed E-state index contributed by atoms with van der Waals surface area (Å²) in [7, 11) is 0. The first kappa shape index (κ1) is 9.26. The first-order valence-electron chi connectivity index (χ1n) is 5.47. The molecule has 0 spiro atoms. The Morgan fingerprint density at radius 3 is 2.77 bits per heavy atom. The van der Waals surface area contributed by atoms with Gasteiger partial charge in [0.05, 0.1) is 6.10 Å². The molecule has 1 fully saturated rings. The van der Waals surface area contributed by atoms with Crippen LogP contribution in [0.15, 0.2) is 12.2 Å². The molecule has 0 radical (unpaired) electrons. The van der Waals surface area contributed by atoms with Crippen LogP contribution in [-0.2, 0) is 0 Å². The summed E-state index contributed by atoms with van der Waals surface area (Å²) >= 11 is 0. The van der Waals surface area contributed by atoms with Crippen LogP contribution in [0, 0.1) is 17.3 Å². The average molecular weight is 180 g/mol. The third kappa shape index (κ3) is 1.34. The van der Waals surface area contributed by atoms with Gasteiger partial charge in [0, 0.05) is 0 Å². The molecule has 0 aliphatic heterocycles. The topological polar surface area (TPSA) is 20.2 Å². The summed E-state index contributed by atoms with van der Waals surface area (Å²) in [5, 5.41) is 9.95. The normalized spacial score (nSPS) is 50.2. The van der Waals surface area contributed by atoms with Crippen LogP contribution in [0.2, 0.25) is 0 Å². The van der Waals surface area contributed by atoms with E-state index in [1.807, 2.05) is 0 Å². The predicted octanol–water partition coefficient (Wildman–Crippen LogP) is 2.75. The van der Waals surface area contributed by atoms with E-state index in [-0.39, 0.29) is 6.10 Å². The van der Waals surface area contributed by atoms with Gasteiger partial charge in [-0.3, -0.25) is 0 Å². The average Bonchev–Trinajstić information content (AvgIpc) is 2.12. The predicted molar refractivity (Wildman–Crippen MR) is 54.4 cm³/mol. The molecule has 1 N–H and O–H groups in total. The first-order chi connectivity index (χ1) is 6.14. The van der Waals surface area contributed by atoms with Gasteiger partial charge in [0.15, 0.2) is 0 Å². The molecule has 4 atom stereocenters. The van der Waals surface area contributed by atoms with Gasteiger partial charge in [-0.1, -0.05) is 26.0 Å². The SMILES string of the molecule is CC1CCC(O)C2CC=CCC12C. The summed E-state index contributed by atoms with van der Waals surface area (Å²) in [6, 6.07) is 0. The second kappa shape index (κ2) is 3.13. The molecule has 0 heterocycles. The highest BCUT2D eigenvalue weighted by Gasteiger charge is 2.45. The van der Waals surface area contributed by atoms with Crippen LogP contribution < -0.4 is 0 Å². The quantitative estimate of drug-likeness (QED) is 0.568. The number of allylic oxidation sites excluding steroid dienone is 2. The molecule has 1 nitrogen and oxygen atoms in total. The highest BCUT2D eigenvalue weighted by Crippen LogP contribution is 2.51. The van der Waals surface area contributed by atoms with E-state index in [1.165, 1.54) is 6.42 Å². The van der Waals surface area contributed by atoms with Crippen LogP contribution >= 0.6 is 0 Å². The summed E-state index contributed by atoms with van der Waals surface area (Å²) in [4.78, 5) is 0. The summed E-state index contributed by atoms with van der Waals surface area (Å²) < 4.78 is 0. The van der Waals surface area contributed by atoms with E-state index in [9.17, 15) is 5.11 Å². The lowest BCUT2D eigenvalue weighted by molar-refractivity contribution is -0.0525. The molecule has 0 aromatic rings.